The highest BCUT2D eigenvalue weighted by Crippen LogP contribution is 2.40. The number of carbonyl (C=O) groups excluding carboxylic acids is 2. The number of amides is 2. The van der Waals surface area contributed by atoms with Crippen molar-refractivity contribution in [3.05, 3.63) is 23.8 Å². The first-order valence-electron chi connectivity index (χ1n) is 9.25. The van der Waals surface area contributed by atoms with E-state index >= 15 is 0 Å². The number of nitrogens with zero attached hydrogens (tertiary/aromatic N) is 1. The number of hydrogen-bond acceptors (Lipinski definition) is 4. The Morgan fingerprint density at radius 2 is 1.88 bits per heavy atom. The quantitative estimate of drug-likeness (QED) is 0.844. The summed E-state index contributed by atoms with van der Waals surface area (Å²) in [4.78, 5) is 27.2. The first-order valence-corrected chi connectivity index (χ1v) is 9.25. The molecular weight excluding hydrogens is 332 g/mol. The molecule has 1 saturated carbocycles. The number of benzene rings is 1. The Kier molecular flexibility index (Phi) is 5.39. The minimum atomic E-state index is -0.263. The van der Waals surface area contributed by atoms with E-state index in [2.05, 4.69) is 5.32 Å². The summed E-state index contributed by atoms with van der Waals surface area (Å²) in [6.45, 7) is 4.77. The molecule has 1 aliphatic carbocycles. The lowest BCUT2D eigenvalue weighted by Gasteiger charge is -2.21. The zero-order valence-electron chi connectivity index (χ0n) is 16.0. The van der Waals surface area contributed by atoms with E-state index in [4.69, 9.17) is 9.47 Å². The van der Waals surface area contributed by atoms with Crippen LogP contribution in [0.3, 0.4) is 0 Å². The zero-order valence-corrected chi connectivity index (χ0v) is 16.0. The van der Waals surface area contributed by atoms with Gasteiger partial charge in [0.1, 0.15) is 11.5 Å². The Morgan fingerprint density at radius 1 is 1.15 bits per heavy atom. The highest BCUT2D eigenvalue weighted by Gasteiger charge is 2.43. The average molecular weight is 360 g/mol. The van der Waals surface area contributed by atoms with E-state index in [0.29, 0.717) is 30.6 Å². The van der Waals surface area contributed by atoms with Crippen LogP contribution < -0.4 is 14.8 Å². The lowest BCUT2D eigenvalue weighted by molar-refractivity contribution is -0.133. The number of methoxy groups -OCH3 is 2. The van der Waals surface area contributed by atoms with E-state index in [-0.39, 0.29) is 29.6 Å². The fraction of sp³-hybridized carbons (Fsp3) is 0.600. The fourth-order valence-corrected chi connectivity index (χ4v) is 3.59. The van der Waals surface area contributed by atoms with E-state index in [1.54, 1.807) is 14.2 Å². The standard InChI is InChI=1S/C20H28N2O4/c1-12(2)20(24)22-10-16(17(11-22)19(23)21-13-5-6-13)15-8-7-14(25-3)9-18(15)26-4/h7-9,12-13,16-17H,5-6,10-11H2,1-4H3,(H,21,23). The first kappa shape index (κ1) is 18.5. The maximum Gasteiger partial charge on any atom is 0.225 e. The van der Waals surface area contributed by atoms with Gasteiger partial charge in [-0.25, -0.2) is 0 Å². The topological polar surface area (TPSA) is 67.9 Å². The normalized spacial score (nSPS) is 22.4. The Hall–Kier alpha value is -2.24. The van der Waals surface area contributed by atoms with Crippen LogP contribution in [0.1, 0.15) is 38.2 Å². The SMILES string of the molecule is COc1ccc(C2CN(C(=O)C(C)C)CC2C(=O)NC2CC2)c(OC)c1. The minimum Gasteiger partial charge on any atom is -0.497 e. The fourth-order valence-electron chi connectivity index (χ4n) is 3.59. The third-order valence-electron chi connectivity index (χ3n) is 5.23. The molecule has 2 amide bonds. The van der Waals surface area contributed by atoms with Crippen molar-refractivity contribution in [2.45, 2.75) is 38.6 Å². The second kappa shape index (κ2) is 7.56. The Balaban J connectivity index is 1.90. The molecule has 1 N–H and O–H groups in total. The third-order valence-corrected chi connectivity index (χ3v) is 5.23. The number of carbonyl (C=O) groups is 2. The van der Waals surface area contributed by atoms with Gasteiger partial charge in [-0.3, -0.25) is 9.59 Å². The number of hydrogen-bond donors (Lipinski definition) is 1. The summed E-state index contributed by atoms with van der Waals surface area (Å²) in [6, 6.07) is 5.96. The van der Waals surface area contributed by atoms with Crippen LogP contribution in [0, 0.1) is 11.8 Å². The van der Waals surface area contributed by atoms with Crippen LogP contribution in [-0.4, -0.2) is 50.1 Å². The molecule has 2 unspecified atom stereocenters. The number of rotatable bonds is 6. The van der Waals surface area contributed by atoms with Crippen LogP contribution >= 0.6 is 0 Å². The number of ether oxygens (including phenoxy) is 2. The van der Waals surface area contributed by atoms with Crippen LogP contribution in [0.25, 0.3) is 0 Å². The van der Waals surface area contributed by atoms with Gasteiger partial charge in [-0.1, -0.05) is 19.9 Å². The van der Waals surface area contributed by atoms with Crippen molar-refractivity contribution in [1.82, 2.24) is 10.2 Å². The summed E-state index contributed by atoms with van der Waals surface area (Å²) >= 11 is 0. The van der Waals surface area contributed by atoms with E-state index < -0.39 is 0 Å². The van der Waals surface area contributed by atoms with E-state index in [1.165, 1.54) is 0 Å². The molecule has 2 aliphatic rings. The summed E-state index contributed by atoms with van der Waals surface area (Å²) in [5, 5.41) is 3.10. The lowest BCUT2D eigenvalue weighted by Crippen LogP contribution is -2.37. The molecule has 3 rings (SSSR count). The molecule has 0 bridgehead atoms. The van der Waals surface area contributed by atoms with Crippen molar-refractivity contribution in [2.75, 3.05) is 27.3 Å². The maximum atomic E-state index is 12.8. The van der Waals surface area contributed by atoms with Crippen molar-refractivity contribution in [3.8, 4) is 11.5 Å². The Bertz CT molecular complexity index is 684. The predicted molar refractivity (Wildman–Crippen MR) is 98.4 cm³/mol. The van der Waals surface area contributed by atoms with Gasteiger partial charge in [0.15, 0.2) is 0 Å². The first-order chi connectivity index (χ1) is 12.4. The lowest BCUT2D eigenvalue weighted by atomic mass is 9.87. The molecule has 0 spiro atoms. The van der Waals surface area contributed by atoms with E-state index in [0.717, 1.165) is 18.4 Å². The monoisotopic (exact) mass is 360 g/mol. The van der Waals surface area contributed by atoms with Gasteiger partial charge < -0.3 is 19.7 Å². The van der Waals surface area contributed by atoms with E-state index in [1.807, 2.05) is 36.9 Å². The number of nitrogens with one attached hydrogen (secondary N) is 1. The van der Waals surface area contributed by atoms with Crippen molar-refractivity contribution in [1.29, 1.82) is 0 Å². The van der Waals surface area contributed by atoms with Crippen LogP contribution in [0.15, 0.2) is 18.2 Å². The molecule has 1 aromatic carbocycles. The molecular formula is C20H28N2O4. The molecule has 0 aromatic heterocycles. The second-order valence-corrected chi connectivity index (χ2v) is 7.50. The highest BCUT2D eigenvalue weighted by atomic mass is 16.5. The Morgan fingerprint density at radius 3 is 2.46 bits per heavy atom. The van der Waals surface area contributed by atoms with Crippen LogP contribution in [0.5, 0.6) is 11.5 Å². The van der Waals surface area contributed by atoms with Crippen molar-refractivity contribution < 1.29 is 19.1 Å². The maximum absolute atomic E-state index is 12.8. The molecule has 0 radical (unpaired) electrons. The summed E-state index contributed by atoms with van der Waals surface area (Å²) in [5.41, 5.74) is 0.948. The van der Waals surface area contributed by atoms with Gasteiger partial charge in [-0.2, -0.15) is 0 Å². The molecule has 1 saturated heterocycles. The molecule has 6 heteroatoms. The molecule has 26 heavy (non-hydrogen) atoms. The van der Waals surface area contributed by atoms with E-state index in [9.17, 15) is 9.59 Å². The largest absolute Gasteiger partial charge is 0.497 e. The molecule has 1 aromatic rings. The summed E-state index contributed by atoms with van der Waals surface area (Å²) in [7, 11) is 3.22. The highest BCUT2D eigenvalue weighted by molar-refractivity contribution is 5.84. The molecule has 142 valence electrons. The van der Waals surface area contributed by atoms with Gasteiger partial charge in [-0.15, -0.1) is 0 Å². The van der Waals surface area contributed by atoms with Gasteiger partial charge in [0.2, 0.25) is 11.8 Å². The van der Waals surface area contributed by atoms with Gasteiger partial charge in [-0.05, 0) is 18.9 Å². The minimum absolute atomic E-state index is 0.0365. The summed E-state index contributed by atoms with van der Waals surface area (Å²) < 4.78 is 10.8. The zero-order chi connectivity index (χ0) is 18.8. The molecule has 1 heterocycles. The van der Waals surface area contributed by atoms with Crippen molar-refractivity contribution in [3.63, 3.8) is 0 Å². The number of likely N-dealkylation sites (tertiary alicyclic amines) is 1. The molecule has 1 aliphatic heterocycles. The molecule has 2 fully saturated rings. The Labute approximate surface area is 154 Å². The molecule has 2 atom stereocenters. The smallest absolute Gasteiger partial charge is 0.225 e. The van der Waals surface area contributed by atoms with Gasteiger partial charge in [0.05, 0.1) is 20.1 Å². The van der Waals surface area contributed by atoms with Crippen LogP contribution in [0.4, 0.5) is 0 Å². The van der Waals surface area contributed by atoms with Gasteiger partial charge in [0, 0.05) is 42.6 Å². The average Bonchev–Trinajstić information content (AvgIpc) is 3.34. The second-order valence-electron chi connectivity index (χ2n) is 7.50. The van der Waals surface area contributed by atoms with Crippen LogP contribution in [0.2, 0.25) is 0 Å². The van der Waals surface area contributed by atoms with Crippen molar-refractivity contribution >= 4 is 11.8 Å². The third kappa shape index (κ3) is 3.79. The summed E-state index contributed by atoms with van der Waals surface area (Å²) in [5.74, 6) is 1.09. The van der Waals surface area contributed by atoms with Crippen molar-refractivity contribution in [2.24, 2.45) is 11.8 Å². The van der Waals surface area contributed by atoms with Gasteiger partial charge in [0.25, 0.3) is 0 Å². The summed E-state index contributed by atoms with van der Waals surface area (Å²) in [6.07, 6.45) is 2.09. The van der Waals surface area contributed by atoms with Crippen LogP contribution in [-0.2, 0) is 9.59 Å². The molecule has 6 nitrogen and oxygen atoms in total. The predicted octanol–water partition coefficient (Wildman–Crippen LogP) is 2.18. The van der Waals surface area contributed by atoms with Gasteiger partial charge >= 0.3 is 0 Å².